The van der Waals surface area contributed by atoms with Crippen LogP contribution in [0.3, 0.4) is 0 Å². The molecule has 18 heavy (non-hydrogen) atoms. The summed E-state index contributed by atoms with van der Waals surface area (Å²) in [5.74, 6) is 0.439. The Hall–Kier alpha value is -2.37. The van der Waals surface area contributed by atoms with Gasteiger partial charge in [0.1, 0.15) is 11.6 Å². The Bertz CT molecular complexity index is 592. The van der Waals surface area contributed by atoms with Crippen molar-refractivity contribution in [2.45, 2.75) is 6.92 Å². The number of nitrogens with two attached hydrogens (primary N) is 1. The summed E-state index contributed by atoms with van der Waals surface area (Å²) in [6.45, 7) is 1.80. The first-order valence-electron chi connectivity index (χ1n) is 5.29. The summed E-state index contributed by atoms with van der Waals surface area (Å²) < 4.78 is 19.9. The highest BCUT2D eigenvalue weighted by Crippen LogP contribution is 2.15. The molecule has 2 aromatic rings. The molecular weight excluding hydrogens is 235 g/mol. The number of ether oxygens (including phenoxy) is 1. The highest BCUT2D eigenvalue weighted by Gasteiger charge is 2.03. The van der Waals surface area contributed by atoms with Gasteiger partial charge in [0, 0.05) is 5.56 Å². The Labute approximate surface area is 104 Å². The van der Waals surface area contributed by atoms with Crippen LogP contribution >= 0.6 is 0 Å². The number of imidazole rings is 1. The number of hydrogen-bond acceptors (Lipinski definition) is 4. The van der Waals surface area contributed by atoms with Gasteiger partial charge in [-0.3, -0.25) is 0 Å². The van der Waals surface area contributed by atoms with Gasteiger partial charge in [-0.2, -0.15) is 5.10 Å². The van der Waals surface area contributed by atoms with E-state index < -0.39 is 0 Å². The molecule has 2 N–H and O–H groups in total. The fraction of sp³-hybridized carbons (Fsp3) is 0.167. The van der Waals surface area contributed by atoms with E-state index in [4.69, 9.17) is 10.5 Å². The Kier molecular flexibility index (Phi) is 3.27. The summed E-state index contributed by atoms with van der Waals surface area (Å²) in [5.41, 5.74) is 6.68. The number of anilines is 1. The van der Waals surface area contributed by atoms with Crippen LogP contribution < -0.4 is 10.5 Å². The minimum atomic E-state index is -0.380. The minimum absolute atomic E-state index is 0.257. The average Bonchev–Trinajstić information content (AvgIpc) is 2.67. The molecule has 1 aromatic carbocycles. The summed E-state index contributed by atoms with van der Waals surface area (Å²) in [6, 6.07) is 4.42. The lowest BCUT2D eigenvalue weighted by molar-refractivity contribution is 0.413. The lowest BCUT2D eigenvalue weighted by atomic mass is 10.2. The largest absolute Gasteiger partial charge is 0.497 e. The maximum absolute atomic E-state index is 13.5. The summed E-state index contributed by atoms with van der Waals surface area (Å²) in [7, 11) is 1.52. The molecule has 0 atom stereocenters. The summed E-state index contributed by atoms with van der Waals surface area (Å²) in [6.07, 6.45) is 3.03. The Morgan fingerprint density at radius 1 is 1.50 bits per heavy atom. The maximum atomic E-state index is 13.5. The van der Waals surface area contributed by atoms with Gasteiger partial charge in [0.05, 0.1) is 25.2 Å². The van der Waals surface area contributed by atoms with E-state index in [2.05, 4.69) is 10.1 Å². The molecule has 0 radical (unpaired) electrons. The first kappa shape index (κ1) is 12.1. The molecule has 0 aliphatic carbocycles. The SMILES string of the molecule is COc1ccc(F)c(C=Nn2cc(C)nc2N)c1. The molecule has 1 heterocycles. The molecule has 0 unspecified atom stereocenters. The van der Waals surface area contributed by atoms with Crippen LogP contribution in [0.1, 0.15) is 11.3 Å². The lowest BCUT2D eigenvalue weighted by Crippen LogP contribution is -1.98. The number of rotatable bonds is 3. The van der Waals surface area contributed by atoms with Crippen molar-refractivity contribution in [1.29, 1.82) is 0 Å². The van der Waals surface area contributed by atoms with E-state index in [1.807, 2.05) is 0 Å². The van der Waals surface area contributed by atoms with Gasteiger partial charge in [-0.05, 0) is 25.1 Å². The van der Waals surface area contributed by atoms with E-state index in [1.165, 1.54) is 24.1 Å². The predicted molar refractivity (Wildman–Crippen MR) is 67.3 cm³/mol. The lowest BCUT2D eigenvalue weighted by Gasteiger charge is -2.02. The van der Waals surface area contributed by atoms with Crippen LogP contribution in [0.5, 0.6) is 5.75 Å². The molecule has 0 aliphatic rings. The fourth-order valence-corrected chi connectivity index (χ4v) is 1.47. The normalized spacial score (nSPS) is 11.1. The van der Waals surface area contributed by atoms with Crippen LogP contribution in [0.25, 0.3) is 0 Å². The molecule has 6 heteroatoms. The summed E-state index contributed by atoms with van der Waals surface area (Å²) >= 11 is 0. The highest BCUT2D eigenvalue weighted by atomic mass is 19.1. The monoisotopic (exact) mass is 248 g/mol. The molecule has 0 bridgehead atoms. The number of halogens is 1. The Morgan fingerprint density at radius 3 is 2.89 bits per heavy atom. The number of benzene rings is 1. The van der Waals surface area contributed by atoms with Crippen molar-refractivity contribution in [1.82, 2.24) is 9.66 Å². The van der Waals surface area contributed by atoms with Crippen LogP contribution in [0, 0.1) is 12.7 Å². The molecule has 0 amide bonds. The highest BCUT2D eigenvalue weighted by molar-refractivity contribution is 5.80. The quantitative estimate of drug-likeness (QED) is 0.842. The number of methoxy groups -OCH3 is 1. The molecule has 0 saturated heterocycles. The topological polar surface area (TPSA) is 65.4 Å². The zero-order valence-electron chi connectivity index (χ0n) is 10.1. The van der Waals surface area contributed by atoms with Gasteiger partial charge in [0.25, 0.3) is 0 Å². The van der Waals surface area contributed by atoms with Crippen molar-refractivity contribution < 1.29 is 9.13 Å². The summed E-state index contributed by atoms with van der Waals surface area (Å²) in [5, 5.41) is 4.04. The van der Waals surface area contributed by atoms with Gasteiger partial charge < -0.3 is 10.5 Å². The fourth-order valence-electron chi connectivity index (χ4n) is 1.47. The maximum Gasteiger partial charge on any atom is 0.221 e. The van der Waals surface area contributed by atoms with Gasteiger partial charge in [0.15, 0.2) is 0 Å². The van der Waals surface area contributed by atoms with Gasteiger partial charge in [-0.15, -0.1) is 0 Å². The standard InChI is InChI=1S/C12H13FN4O/c1-8-7-17(12(14)16-8)15-6-9-5-10(18-2)3-4-11(9)13/h3-7H,1-2H3,(H2,14,16). The van der Waals surface area contributed by atoms with Crippen LogP contribution in [0.15, 0.2) is 29.5 Å². The molecule has 5 nitrogen and oxygen atoms in total. The molecule has 0 aliphatic heterocycles. The molecule has 0 fully saturated rings. The predicted octanol–water partition coefficient (Wildman–Crippen LogP) is 1.80. The Morgan fingerprint density at radius 2 is 2.28 bits per heavy atom. The second kappa shape index (κ2) is 4.87. The molecule has 2 rings (SSSR count). The van der Waals surface area contributed by atoms with Crippen molar-refractivity contribution in [3.05, 3.63) is 41.5 Å². The van der Waals surface area contributed by atoms with E-state index in [0.29, 0.717) is 11.3 Å². The molecular formula is C12H13FN4O. The van der Waals surface area contributed by atoms with E-state index in [1.54, 1.807) is 25.3 Å². The van der Waals surface area contributed by atoms with Crippen LogP contribution in [0.4, 0.5) is 10.3 Å². The van der Waals surface area contributed by atoms with E-state index >= 15 is 0 Å². The van der Waals surface area contributed by atoms with E-state index in [9.17, 15) is 4.39 Å². The van der Waals surface area contributed by atoms with E-state index in [0.717, 1.165) is 5.69 Å². The third kappa shape index (κ3) is 2.48. The third-order valence-corrected chi connectivity index (χ3v) is 2.36. The molecule has 94 valence electrons. The second-order valence-corrected chi connectivity index (χ2v) is 3.72. The van der Waals surface area contributed by atoms with Crippen molar-refractivity contribution >= 4 is 12.2 Å². The van der Waals surface area contributed by atoms with Crippen molar-refractivity contribution in [3.63, 3.8) is 0 Å². The number of nitrogens with zero attached hydrogens (tertiary/aromatic N) is 3. The van der Waals surface area contributed by atoms with Gasteiger partial charge >= 0.3 is 0 Å². The zero-order valence-corrected chi connectivity index (χ0v) is 10.1. The van der Waals surface area contributed by atoms with Gasteiger partial charge in [-0.1, -0.05) is 0 Å². The summed E-state index contributed by atoms with van der Waals surface area (Å²) in [4.78, 5) is 3.99. The number of aryl methyl sites for hydroxylation is 1. The Balaban J connectivity index is 2.31. The number of aromatic nitrogens is 2. The van der Waals surface area contributed by atoms with Crippen LogP contribution in [-0.2, 0) is 0 Å². The second-order valence-electron chi connectivity index (χ2n) is 3.72. The smallest absolute Gasteiger partial charge is 0.221 e. The van der Waals surface area contributed by atoms with Gasteiger partial charge in [-0.25, -0.2) is 14.1 Å². The van der Waals surface area contributed by atoms with Crippen molar-refractivity contribution in [3.8, 4) is 5.75 Å². The van der Waals surface area contributed by atoms with Crippen LogP contribution in [-0.4, -0.2) is 23.0 Å². The van der Waals surface area contributed by atoms with Crippen molar-refractivity contribution in [2.24, 2.45) is 5.10 Å². The van der Waals surface area contributed by atoms with Crippen LogP contribution in [0.2, 0.25) is 0 Å². The average molecular weight is 248 g/mol. The first-order chi connectivity index (χ1) is 8.60. The zero-order chi connectivity index (χ0) is 13.1. The number of nitrogen functional groups attached to an aromatic ring is 1. The van der Waals surface area contributed by atoms with Crippen molar-refractivity contribution in [2.75, 3.05) is 12.8 Å². The minimum Gasteiger partial charge on any atom is -0.497 e. The molecule has 0 saturated carbocycles. The molecule has 1 aromatic heterocycles. The first-order valence-corrected chi connectivity index (χ1v) is 5.29. The van der Waals surface area contributed by atoms with Gasteiger partial charge in [0.2, 0.25) is 5.95 Å². The number of hydrogen-bond donors (Lipinski definition) is 1. The molecule has 0 spiro atoms. The van der Waals surface area contributed by atoms with E-state index in [-0.39, 0.29) is 11.8 Å². The third-order valence-electron chi connectivity index (χ3n) is 2.36.